The van der Waals surface area contributed by atoms with Crippen LogP contribution in [-0.2, 0) is 6.42 Å². The minimum Gasteiger partial charge on any atom is -0.497 e. The number of nitrogens with two attached hydrogens (primary N) is 1. The van der Waals surface area contributed by atoms with Gasteiger partial charge in [-0.15, -0.1) is 0 Å². The molecule has 4 heteroatoms. The second kappa shape index (κ2) is 7.48. The quantitative estimate of drug-likeness (QED) is 0.866. The standard InChI is InChI=1S/C17H20FNOS/c1-3-13(19)11-12-5-4-6-16(18)17(12)21-15-9-7-14(20-2)8-10-15/h4-10,13H,3,11,19H2,1-2H3. The van der Waals surface area contributed by atoms with Gasteiger partial charge < -0.3 is 10.5 Å². The Hall–Kier alpha value is -1.52. The molecule has 0 bridgehead atoms. The molecule has 0 aliphatic rings. The Kier molecular flexibility index (Phi) is 5.65. The minimum absolute atomic E-state index is 0.0574. The van der Waals surface area contributed by atoms with Crippen LogP contribution in [0.5, 0.6) is 5.75 Å². The van der Waals surface area contributed by atoms with Crippen molar-refractivity contribution in [2.24, 2.45) is 5.73 Å². The lowest BCUT2D eigenvalue weighted by atomic mass is 10.0. The number of hydrogen-bond acceptors (Lipinski definition) is 3. The van der Waals surface area contributed by atoms with Crippen molar-refractivity contribution in [3.63, 3.8) is 0 Å². The van der Waals surface area contributed by atoms with Crippen molar-refractivity contribution in [1.82, 2.24) is 0 Å². The highest BCUT2D eigenvalue weighted by molar-refractivity contribution is 7.99. The first kappa shape index (κ1) is 15.9. The first-order valence-corrected chi connectivity index (χ1v) is 7.80. The average Bonchev–Trinajstić information content (AvgIpc) is 2.51. The largest absolute Gasteiger partial charge is 0.497 e. The molecule has 0 saturated heterocycles. The van der Waals surface area contributed by atoms with E-state index in [2.05, 4.69) is 0 Å². The number of rotatable bonds is 6. The zero-order valence-electron chi connectivity index (χ0n) is 12.3. The first-order valence-electron chi connectivity index (χ1n) is 6.99. The fourth-order valence-electron chi connectivity index (χ4n) is 2.02. The molecule has 21 heavy (non-hydrogen) atoms. The number of methoxy groups -OCH3 is 1. The Morgan fingerprint density at radius 1 is 1.19 bits per heavy atom. The van der Waals surface area contributed by atoms with Gasteiger partial charge in [0.25, 0.3) is 0 Å². The van der Waals surface area contributed by atoms with Crippen LogP contribution < -0.4 is 10.5 Å². The summed E-state index contributed by atoms with van der Waals surface area (Å²) in [4.78, 5) is 1.64. The summed E-state index contributed by atoms with van der Waals surface area (Å²) in [5.74, 6) is 0.595. The van der Waals surface area contributed by atoms with Crippen LogP contribution in [0.2, 0.25) is 0 Å². The van der Waals surface area contributed by atoms with Crippen molar-refractivity contribution in [2.45, 2.75) is 35.6 Å². The molecule has 0 radical (unpaired) electrons. The van der Waals surface area contributed by atoms with Crippen molar-refractivity contribution in [3.8, 4) is 5.75 Å². The maximum atomic E-state index is 14.1. The maximum absolute atomic E-state index is 14.1. The second-order valence-electron chi connectivity index (χ2n) is 4.88. The summed E-state index contributed by atoms with van der Waals surface area (Å²) in [7, 11) is 1.63. The highest BCUT2D eigenvalue weighted by atomic mass is 32.2. The number of hydrogen-bond donors (Lipinski definition) is 1. The summed E-state index contributed by atoms with van der Waals surface area (Å²) in [6, 6.07) is 12.9. The van der Waals surface area contributed by atoms with Crippen molar-refractivity contribution < 1.29 is 9.13 Å². The summed E-state index contributed by atoms with van der Waals surface area (Å²) in [5, 5.41) is 0. The molecule has 2 aromatic rings. The van der Waals surface area contributed by atoms with Gasteiger partial charge in [-0.2, -0.15) is 0 Å². The molecular weight excluding hydrogens is 285 g/mol. The third kappa shape index (κ3) is 4.22. The van der Waals surface area contributed by atoms with E-state index in [1.165, 1.54) is 17.8 Å². The molecular formula is C17H20FNOS. The molecule has 0 saturated carbocycles. The smallest absolute Gasteiger partial charge is 0.137 e. The summed E-state index contributed by atoms with van der Waals surface area (Å²) in [5.41, 5.74) is 6.97. The van der Waals surface area contributed by atoms with Crippen LogP contribution in [0, 0.1) is 5.82 Å². The Morgan fingerprint density at radius 2 is 1.90 bits per heavy atom. The van der Waals surface area contributed by atoms with Gasteiger partial charge in [0.1, 0.15) is 11.6 Å². The Balaban J connectivity index is 2.24. The number of ether oxygens (including phenoxy) is 1. The predicted octanol–water partition coefficient (Wildman–Crippen LogP) is 4.27. The van der Waals surface area contributed by atoms with E-state index >= 15 is 0 Å². The van der Waals surface area contributed by atoms with Gasteiger partial charge in [-0.25, -0.2) is 4.39 Å². The van der Waals surface area contributed by atoms with Crippen LogP contribution in [0.1, 0.15) is 18.9 Å². The summed E-state index contributed by atoms with van der Waals surface area (Å²) in [6.45, 7) is 2.04. The summed E-state index contributed by atoms with van der Waals surface area (Å²) in [6.07, 6.45) is 1.57. The monoisotopic (exact) mass is 305 g/mol. The molecule has 2 aromatic carbocycles. The summed E-state index contributed by atoms with van der Waals surface area (Å²) >= 11 is 1.43. The lowest BCUT2D eigenvalue weighted by molar-refractivity contribution is 0.414. The molecule has 1 atom stereocenters. The SMILES string of the molecule is CCC(N)Cc1cccc(F)c1Sc1ccc(OC)cc1. The molecule has 0 spiro atoms. The first-order chi connectivity index (χ1) is 10.1. The van der Waals surface area contributed by atoms with Crippen molar-refractivity contribution in [2.75, 3.05) is 7.11 Å². The Morgan fingerprint density at radius 3 is 2.52 bits per heavy atom. The minimum atomic E-state index is -0.198. The van der Waals surface area contributed by atoms with E-state index in [1.54, 1.807) is 13.2 Å². The van der Waals surface area contributed by atoms with E-state index < -0.39 is 0 Å². The Labute approximate surface area is 129 Å². The van der Waals surface area contributed by atoms with Crippen LogP contribution in [-0.4, -0.2) is 13.2 Å². The van der Waals surface area contributed by atoms with Crippen LogP contribution in [0.25, 0.3) is 0 Å². The van der Waals surface area contributed by atoms with Gasteiger partial charge in [0.05, 0.1) is 12.0 Å². The van der Waals surface area contributed by atoms with E-state index in [-0.39, 0.29) is 11.9 Å². The van der Waals surface area contributed by atoms with Gasteiger partial charge in [-0.05, 0) is 48.7 Å². The third-order valence-electron chi connectivity index (χ3n) is 3.33. The summed E-state index contributed by atoms with van der Waals surface area (Å²) < 4.78 is 19.3. The van der Waals surface area contributed by atoms with Crippen LogP contribution in [0.15, 0.2) is 52.3 Å². The normalized spacial score (nSPS) is 12.2. The lowest BCUT2D eigenvalue weighted by Crippen LogP contribution is -2.21. The van der Waals surface area contributed by atoms with E-state index in [9.17, 15) is 4.39 Å². The zero-order valence-corrected chi connectivity index (χ0v) is 13.1. The van der Waals surface area contributed by atoms with Gasteiger partial charge in [0, 0.05) is 10.9 Å². The maximum Gasteiger partial charge on any atom is 0.137 e. The molecule has 0 aliphatic heterocycles. The van der Waals surface area contributed by atoms with E-state index in [0.717, 1.165) is 22.6 Å². The fraction of sp³-hybridized carbons (Fsp3) is 0.294. The Bertz CT molecular complexity index is 586. The molecule has 0 amide bonds. The topological polar surface area (TPSA) is 35.2 Å². The molecule has 1 unspecified atom stereocenters. The van der Waals surface area contributed by atoms with Crippen LogP contribution in [0.4, 0.5) is 4.39 Å². The second-order valence-corrected chi connectivity index (χ2v) is 5.96. The highest BCUT2D eigenvalue weighted by Crippen LogP contribution is 2.34. The fourth-order valence-corrected chi connectivity index (χ4v) is 2.97. The predicted molar refractivity (Wildman–Crippen MR) is 85.5 cm³/mol. The van der Waals surface area contributed by atoms with E-state index in [1.807, 2.05) is 37.3 Å². The van der Waals surface area contributed by atoms with Crippen molar-refractivity contribution >= 4 is 11.8 Å². The van der Waals surface area contributed by atoms with Gasteiger partial charge in [-0.1, -0.05) is 30.8 Å². The van der Waals surface area contributed by atoms with Crippen molar-refractivity contribution in [1.29, 1.82) is 0 Å². The lowest BCUT2D eigenvalue weighted by Gasteiger charge is -2.14. The van der Waals surface area contributed by atoms with Gasteiger partial charge in [0.2, 0.25) is 0 Å². The molecule has 0 fully saturated rings. The number of halogens is 1. The zero-order chi connectivity index (χ0) is 15.2. The van der Waals surface area contributed by atoms with E-state index in [0.29, 0.717) is 11.3 Å². The van der Waals surface area contributed by atoms with E-state index in [4.69, 9.17) is 10.5 Å². The molecule has 2 N–H and O–H groups in total. The van der Waals surface area contributed by atoms with Gasteiger partial charge in [0.15, 0.2) is 0 Å². The average molecular weight is 305 g/mol. The van der Waals surface area contributed by atoms with Gasteiger partial charge >= 0.3 is 0 Å². The number of benzene rings is 2. The highest BCUT2D eigenvalue weighted by Gasteiger charge is 2.12. The van der Waals surface area contributed by atoms with Crippen LogP contribution >= 0.6 is 11.8 Å². The molecule has 0 aliphatic carbocycles. The molecule has 0 aromatic heterocycles. The molecule has 0 heterocycles. The molecule has 2 nitrogen and oxygen atoms in total. The molecule has 2 rings (SSSR count). The third-order valence-corrected chi connectivity index (χ3v) is 4.50. The van der Waals surface area contributed by atoms with Crippen LogP contribution in [0.3, 0.4) is 0 Å². The van der Waals surface area contributed by atoms with Crippen molar-refractivity contribution in [3.05, 3.63) is 53.8 Å². The molecule has 112 valence electrons. The van der Waals surface area contributed by atoms with Gasteiger partial charge in [-0.3, -0.25) is 0 Å².